The van der Waals surface area contributed by atoms with Crippen LogP contribution in [0.1, 0.15) is 0 Å². The number of carbonyl (C=O) groups is 2. The van der Waals surface area contributed by atoms with Crippen LogP contribution in [0.3, 0.4) is 0 Å². The van der Waals surface area contributed by atoms with E-state index in [1.165, 1.54) is 23.9 Å². The third-order valence-electron chi connectivity index (χ3n) is 1.88. The Kier molecular flexibility index (Phi) is 5.12. The number of carbonyl (C=O) groups excluding carboxylic acids is 2. The number of amides is 2. The third-order valence-corrected chi connectivity index (χ3v) is 2.89. The molecule has 0 atom stereocenters. The number of hydrogen-bond donors (Lipinski definition) is 2. The summed E-state index contributed by atoms with van der Waals surface area (Å²) in [5, 5.41) is 12.8. The quantitative estimate of drug-likeness (QED) is 0.437. The summed E-state index contributed by atoms with van der Waals surface area (Å²) < 4.78 is 0. The van der Waals surface area contributed by atoms with E-state index in [1.54, 1.807) is 12.1 Å². The average Bonchev–Trinajstić information content (AvgIpc) is 2.34. The van der Waals surface area contributed by atoms with Gasteiger partial charge < -0.3 is 11.1 Å². The zero-order valence-corrected chi connectivity index (χ0v) is 10.1. The van der Waals surface area contributed by atoms with E-state index in [1.807, 2.05) is 0 Å². The second-order valence-corrected chi connectivity index (χ2v) is 4.33. The third kappa shape index (κ3) is 4.83. The summed E-state index contributed by atoms with van der Waals surface area (Å²) in [7, 11) is 0. The molecule has 0 unspecified atom stereocenters. The molecule has 1 rings (SSSR count). The lowest BCUT2D eigenvalue weighted by Crippen LogP contribution is -2.34. The van der Waals surface area contributed by atoms with Gasteiger partial charge in [-0.1, -0.05) is 0 Å². The molecule has 7 nitrogen and oxygen atoms in total. The molecule has 0 aliphatic rings. The van der Waals surface area contributed by atoms with Crippen molar-refractivity contribution >= 4 is 29.3 Å². The van der Waals surface area contributed by atoms with E-state index in [4.69, 9.17) is 5.73 Å². The Hall–Kier alpha value is -2.09. The van der Waals surface area contributed by atoms with Crippen LogP contribution in [0.2, 0.25) is 0 Å². The van der Waals surface area contributed by atoms with Gasteiger partial charge in [-0.2, -0.15) is 0 Å². The number of thioether (sulfide) groups is 1. The Labute approximate surface area is 107 Å². The van der Waals surface area contributed by atoms with E-state index in [0.29, 0.717) is 0 Å². The molecule has 0 saturated heterocycles. The van der Waals surface area contributed by atoms with Gasteiger partial charge in [0, 0.05) is 17.0 Å². The number of nitrogens with zero attached hydrogens (tertiary/aromatic N) is 1. The number of nitro benzene ring substituents is 1. The van der Waals surface area contributed by atoms with Gasteiger partial charge in [0.05, 0.1) is 17.2 Å². The molecule has 0 aromatic heterocycles. The lowest BCUT2D eigenvalue weighted by atomic mass is 10.3. The number of non-ortho nitro benzene ring substituents is 1. The minimum absolute atomic E-state index is 0.00229. The molecule has 0 saturated carbocycles. The molecule has 2 amide bonds. The molecule has 8 heteroatoms. The van der Waals surface area contributed by atoms with E-state index < -0.39 is 10.8 Å². The van der Waals surface area contributed by atoms with Gasteiger partial charge in [0.15, 0.2) is 0 Å². The van der Waals surface area contributed by atoms with Crippen LogP contribution in [0.4, 0.5) is 5.69 Å². The molecule has 0 aliphatic carbocycles. The fourth-order valence-corrected chi connectivity index (χ4v) is 1.78. The highest BCUT2D eigenvalue weighted by atomic mass is 32.2. The number of nitro groups is 1. The lowest BCUT2D eigenvalue weighted by Gasteiger charge is -2.02. The van der Waals surface area contributed by atoms with Crippen molar-refractivity contribution in [2.24, 2.45) is 5.73 Å². The highest BCUT2D eigenvalue weighted by Crippen LogP contribution is 2.20. The Morgan fingerprint density at radius 1 is 1.33 bits per heavy atom. The summed E-state index contributed by atoms with van der Waals surface area (Å²) in [6, 6.07) is 5.85. The average molecular weight is 269 g/mol. The zero-order valence-electron chi connectivity index (χ0n) is 9.29. The van der Waals surface area contributed by atoms with Gasteiger partial charge in [-0.05, 0) is 12.1 Å². The number of primary amides is 1. The van der Waals surface area contributed by atoms with Crippen molar-refractivity contribution in [3.8, 4) is 0 Å². The molecular weight excluding hydrogens is 258 g/mol. The van der Waals surface area contributed by atoms with Crippen molar-refractivity contribution in [3.05, 3.63) is 34.4 Å². The highest BCUT2D eigenvalue weighted by Gasteiger charge is 2.06. The molecular formula is C10H11N3O4S. The first kappa shape index (κ1) is 14.0. The predicted octanol–water partition coefficient (Wildman–Crippen LogP) is 0.288. The van der Waals surface area contributed by atoms with Crippen LogP contribution < -0.4 is 11.1 Å². The van der Waals surface area contributed by atoms with E-state index in [0.717, 1.165) is 4.90 Å². The van der Waals surface area contributed by atoms with Gasteiger partial charge in [-0.3, -0.25) is 19.7 Å². The monoisotopic (exact) mass is 269 g/mol. The number of rotatable bonds is 6. The van der Waals surface area contributed by atoms with Crippen molar-refractivity contribution in [3.63, 3.8) is 0 Å². The molecule has 1 aromatic rings. The molecule has 18 heavy (non-hydrogen) atoms. The van der Waals surface area contributed by atoms with Crippen LogP contribution in [0.15, 0.2) is 29.2 Å². The molecule has 0 aliphatic heterocycles. The van der Waals surface area contributed by atoms with Gasteiger partial charge in [-0.15, -0.1) is 11.8 Å². The molecule has 0 bridgehead atoms. The fraction of sp³-hybridized carbons (Fsp3) is 0.200. The first-order valence-corrected chi connectivity index (χ1v) is 5.90. The number of hydrogen-bond acceptors (Lipinski definition) is 5. The molecule has 0 heterocycles. The van der Waals surface area contributed by atoms with Crippen LogP contribution >= 0.6 is 11.8 Å². The second kappa shape index (κ2) is 6.60. The van der Waals surface area contributed by atoms with Gasteiger partial charge in [0.25, 0.3) is 5.69 Å². The molecule has 3 N–H and O–H groups in total. The summed E-state index contributed by atoms with van der Waals surface area (Å²) in [6.45, 7) is -0.195. The molecule has 0 spiro atoms. The largest absolute Gasteiger partial charge is 0.368 e. The van der Waals surface area contributed by atoms with E-state index in [2.05, 4.69) is 5.32 Å². The standard InChI is InChI=1S/C10H11N3O4S/c11-9(14)5-12-10(15)6-18-8-3-1-7(2-4-8)13(16)17/h1-4H,5-6H2,(H2,11,14)(H,12,15). The van der Waals surface area contributed by atoms with Crippen molar-refractivity contribution in [1.82, 2.24) is 5.32 Å². The summed E-state index contributed by atoms with van der Waals surface area (Å²) in [5.74, 6) is -0.814. The lowest BCUT2D eigenvalue weighted by molar-refractivity contribution is -0.384. The molecule has 1 aromatic carbocycles. The first-order valence-electron chi connectivity index (χ1n) is 4.91. The summed E-state index contributed by atoms with van der Waals surface area (Å²) in [5.41, 5.74) is 4.87. The maximum absolute atomic E-state index is 11.2. The summed E-state index contributed by atoms with van der Waals surface area (Å²) >= 11 is 1.21. The predicted molar refractivity (Wildman–Crippen MR) is 66.0 cm³/mol. The van der Waals surface area contributed by atoms with E-state index in [-0.39, 0.29) is 23.9 Å². The fourth-order valence-electron chi connectivity index (χ4n) is 1.05. The Morgan fingerprint density at radius 3 is 2.44 bits per heavy atom. The second-order valence-electron chi connectivity index (χ2n) is 3.28. The topological polar surface area (TPSA) is 115 Å². The minimum atomic E-state index is -0.608. The molecule has 96 valence electrons. The zero-order chi connectivity index (χ0) is 13.5. The van der Waals surface area contributed by atoms with Crippen LogP contribution in [-0.2, 0) is 9.59 Å². The summed E-state index contributed by atoms with van der Waals surface area (Å²) in [6.07, 6.45) is 0. The normalized spacial score (nSPS) is 9.78. The maximum Gasteiger partial charge on any atom is 0.269 e. The molecule has 0 radical (unpaired) electrons. The van der Waals surface area contributed by atoms with E-state index >= 15 is 0 Å². The number of nitrogens with one attached hydrogen (secondary N) is 1. The Balaban J connectivity index is 2.41. The minimum Gasteiger partial charge on any atom is -0.368 e. The van der Waals surface area contributed by atoms with Gasteiger partial charge >= 0.3 is 0 Å². The van der Waals surface area contributed by atoms with Crippen molar-refractivity contribution in [2.45, 2.75) is 4.90 Å². The van der Waals surface area contributed by atoms with Crippen LogP contribution in [-0.4, -0.2) is 29.0 Å². The van der Waals surface area contributed by atoms with Gasteiger partial charge in [0.1, 0.15) is 0 Å². The van der Waals surface area contributed by atoms with Crippen molar-refractivity contribution in [1.29, 1.82) is 0 Å². The Morgan fingerprint density at radius 2 is 1.94 bits per heavy atom. The molecule has 0 fully saturated rings. The Bertz CT molecular complexity index is 461. The van der Waals surface area contributed by atoms with Crippen LogP contribution in [0, 0.1) is 10.1 Å². The van der Waals surface area contributed by atoms with Crippen molar-refractivity contribution in [2.75, 3.05) is 12.3 Å². The van der Waals surface area contributed by atoms with Gasteiger partial charge in [0.2, 0.25) is 11.8 Å². The SMILES string of the molecule is NC(=O)CNC(=O)CSc1ccc([N+](=O)[O-])cc1. The van der Waals surface area contributed by atoms with Crippen molar-refractivity contribution < 1.29 is 14.5 Å². The number of benzene rings is 1. The van der Waals surface area contributed by atoms with Crippen LogP contribution in [0.25, 0.3) is 0 Å². The first-order chi connectivity index (χ1) is 8.49. The van der Waals surface area contributed by atoms with Gasteiger partial charge in [-0.25, -0.2) is 0 Å². The maximum atomic E-state index is 11.2. The number of nitrogens with two attached hydrogens (primary N) is 1. The van der Waals surface area contributed by atoms with E-state index in [9.17, 15) is 19.7 Å². The smallest absolute Gasteiger partial charge is 0.269 e. The van der Waals surface area contributed by atoms with Crippen LogP contribution in [0.5, 0.6) is 0 Å². The summed E-state index contributed by atoms with van der Waals surface area (Å²) in [4.78, 5) is 32.3. The highest BCUT2D eigenvalue weighted by molar-refractivity contribution is 8.00.